The van der Waals surface area contributed by atoms with Crippen molar-refractivity contribution < 1.29 is 0 Å². The number of hydrogen-bond acceptors (Lipinski definition) is 1. The summed E-state index contributed by atoms with van der Waals surface area (Å²) in [5.74, 6) is 0. The van der Waals surface area contributed by atoms with E-state index in [1.54, 1.807) is 0 Å². The average Bonchev–Trinajstić information content (AvgIpc) is 3.52. The van der Waals surface area contributed by atoms with E-state index in [2.05, 4.69) is 185 Å². The second-order valence-corrected chi connectivity index (χ2v) is 16.2. The fourth-order valence-electron chi connectivity index (χ4n) is 10.1. The van der Waals surface area contributed by atoms with Crippen molar-refractivity contribution in [3.05, 3.63) is 173 Å². The second-order valence-electron chi connectivity index (χ2n) is 16.2. The summed E-state index contributed by atoms with van der Waals surface area (Å²) in [7, 11) is 0. The van der Waals surface area contributed by atoms with E-state index in [1.807, 2.05) is 0 Å². The summed E-state index contributed by atoms with van der Waals surface area (Å²) in [5, 5.41) is 10.5. The van der Waals surface area contributed by atoms with E-state index in [0.717, 1.165) is 0 Å². The molecule has 0 heterocycles. The minimum Gasteiger partial charge on any atom is -0.310 e. The molecule has 0 fully saturated rings. The zero-order valence-electron chi connectivity index (χ0n) is 30.3. The Balaban J connectivity index is 1.21. The monoisotopic (exact) mass is 665 g/mol. The van der Waals surface area contributed by atoms with E-state index in [-0.39, 0.29) is 10.8 Å². The summed E-state index contributed by atoms with van der Waals surface area (Å²) in [6.45, 7) is 11.7. The number of hydrogen-bond donors (Lipinski definition) is 0. The van der Waals surface area contributed by atoms with Gasteiger partial charge in [0.2, 0.25) is 0 Å². The first kappa shape index (κ1) is 29.8. The van der Waals surface area contributed by atoms with E-state index in [4.69, 9.17) is 0 Å². The van der Waals surface area contributed by atoms with Crippen LogP contribution < -0.4 is 4.90 Å². The van der Waals surface area contributed by atoms with Crippen molar-refractivity contribution in [3.63, 3.8) is 0 Å². The number of fused-ring (bicyclic) bond motifs is 8. The number of anilines is 3. The van der Waals surface area contributed by atoms with Gasteiger partial charge in [0, 0.05) is 27.9 Å². The van der Waals surface area contributed by atoms with Crippen molar-refractivity contribution in [1.82, 2.24) is 0 Å². The normalized spacial score (nSPS) is 14.9. The highest BCUT2D eigenvalue weighted by atomic mass is 15.1. The van der Waals surface area contributed by atoms with Crippen LogP contribution in [0.1, 0.15) is 55.5 Å². The van der Waals surface area contributed by atoms with Crippen molar-refractivity contribution >= 4 is 60.2 Å². The molecule has 0 unspecified atom stereocenters. The minimum atomic E-state index is -0.100. The summed E-state index contributed by atoms with van der Waals surface area (Å²) in [4.78, 5) is 2.52. The molecule has 2 aliphatic rings. The van der Waals surface area contributed by atoms with Crippen LogP contribution in [0.15, 0.2) is 146 Å². The third kappa shape index (κ3) is 3.83. The molecule has 248 valence electrons. The molecule has 0 N–H and O–H groups in total. The average molecular weight is 666 g/mol. The number of rotatable bonds is 3. The molecular weight excluding hydrogens is 627 g/mol. The van der Waals surface area contributed by atoms with Gasteiger partial charge < -0.3 is 4.90 Å². The van der Waals surface area contributed by atoms with Crippen molar-refractivity contribution in [3.8, 4) is 22.3 Å². The summed E-state index contributed by atoms with van der Waals surface area (Å²) in [6, 6.07) is 55.5. The largest absolute Gasteiger partial charge is 0.310 e. The molecule has 52 heavy (non-hydrogen) atoms. The fourth-order valence-corrected chi connectivity index (χ4v) is 10.1. The van der Waals surface area contributed by atoms with E-state index < -0.39 is 0 Å². The molecule has 0 aromatic heterocycles. The van der Waals surface area contributed by atoms with Gasteiger partial charge in [0.05, 0.1) is 0 Å². The lowest BCUT2D eigenvalue weighted by atomic mass is 9.82. The van der Waals surface area contributed by atoms with Gasteiger partial charge in [-0.25, -0.2) is 0 Å². The zero-order valence-corrected chi connectivity index (χ0v) is 30.3. The van der Waals surface area contributed by atoms with Gasteiger partial charge in [-0.15, -0.1) is 0 Å². The fraction of sp³-hybridized carbons (Fsp3) is 0.137. The van der Waals surface area contributed by atoms with Crippen LogP contribution in [0.25, 0.3) is 65.3 Å². The van der Waals surface area contributed by atoms with Crippen LogP contribution in [0.5, 0.6) is 0 Å². The Morgan fingerprint density at radius 3 is 1.40 bits per heavy atom. The van der Waals surface area contributed by atoms with Gasteiger partial charge in [0.15, 0.2) is 0 Å². The molecule has 2 aliphatic carbocycles. The predicted molar refractivity (Wildman–Crippen MR) is 222 cm³/mol. The van der Waals surface area contributed by atoms with E-state index in [0.29, 0.717) is 0 Å². The number of benzene rings is 9. The Kier molecular flexibility index (Phi) is 5.79. The molecule has 9 aromatic carbocycles. The first-order chi connectivity index (χ1) is 25.2. The summed E-state index contributed by atoms with van der Waals surface area (Å²) in [5.41, 5.74) is 15.6. The number of nitrogens with zero attached hydrogens (tertiary/aromatic N) is 1. The molecule has 0 spiro atoms. The van der Waals surface area contributed by atoms with Gasteiger partial charge >= 0.3 is 0 Å². The first-order valence-corrected chi connectivity index (χ1v) is 18.6. The Morgan fingerprint density at radius 2 is 0.846 bits per heavy atom. The van der Waals surface area contributed by atoms with E-state index in [9.17, 15) is 0 Å². The quantitative estimate of drug-likeness (QED) is 0.134. The van der Waals surface area contributed by atoms with Gasteiger partial charge in [-0.2, -0.15) is 0 Å². The van der Waals surface area contributed by atoms with Gasteiger partial charge in [0.25, 0.3) is 0 Å². The molecule has 0 bridgehead atoms. The van der Waals surface area contributed by atoms with Crippen LogP contribution in [0.3, 0.4) is 0 Å². The van der Waals surface area contributed by atoms with Gasteiger partial charge in [-0.1, -0.05) is 137 Å². The highest BCUT2D eigenvalue weighted by molar-refractivity contribution is 6.33. The summed E-state index contributed by atoms with van der Waals surface area (Å²) < 4.78 is 0. The van der Waals surface area contributed by atoms with Gasteiger partial charge in [-0.3, -0.25) is 0 Å². The van der Waals surface area contributed by atoms with Crippen LogP contribution in [0.4, 0.5) is 17.1 Å². The number of aryl methyl sites for hydroxylation is 1. The Labute approximate surface area is 305 Å². The van der Waals surface area contributed by atoms with Gasteiger partial charge in [0.1, 0.15) is 0 Å². The maximum absolute atomic E-state index is 2.52. The topological polar surface area (TPSA) is 3.24 Å². The van der Waals surface area contributed by atoms with Crippen molar-refractivity contribution in [2.45, 2.75) is 45.4 Å². The standard InChI is InChI=1S/C51H39N/c1-30-24-31-12-10-17-41-43-27-35(26-32-13-11-16-40(49(32)43)42(25-30)48(31)41)52(33-20-22-38-36-14-6-8-18-44(36)50(2,3)46(38)28-33)34-21-23-39-37-15-7-9-19-45(37)51(4,5)47(39)29-34/h6-29H,1-5H3. The van der Waals surface area contributed by atoms with E-state index >= 15 is 0 Å². The Bertz CT molecular complexity index is 2870. The predicted octanol–water partition coefficient (Wildman–Crippen LogP) is 14.1. The van der Waals surface area contributed by atoms with Crippen LogP contribution in [-0.2, 0) is 10.8 Å². The molecule has 1 nitrogen and oxygen atoms in total. The molecule has 11 rings (SSSR count). The highest BCUT2D eigenvalue weighted by Crippen LogP contribution is 2.54. The van der Waals surface area contributed by atoms with Crippen LogP contribution in [-0.4, -0.2) is 0 Å². The SMILES string of the molecule is Cc1cc2cccc3c4cc(N(c5ccc6c(c5)C(C)(C)c5ccccc5-6)c5ccc6c(c5)C(C)(C)c5ccccc5-6)cc5cccc(c(c1)c23)c54. The Morgan fingerprint density at radius 1 is 0.365 bits per heavy atom. The molecule has 1 heteroatoms. The third-order valence-corrected chi connectivity index (χ3v) is 12.6. The van der Waals surface area contributed by atoms with Crippen molar-refractivity contribution in [1.29, 1.82) is 0 Å². The van der Waals surface area contributed by atoms with Crippen LogP contribution >= 0.6 is 0 Å². The molecule has 0 saturated carbocycles. The molecule has 0 radical (unpaired) electrons. The molecule has 0 atom stereocenters. The molecule has 0 amide bonds. The lowest BCUT2D eigenvalue weighted by Gasteiger charge is -2.30. The zero-order chi connectivity index (χ0) is 35.1. The maximum atomic E-state index is 2.52. The lowest BCUT2D eigenvalue weighted by Crippen LogP contribution is -2.18. The van der Waals surface area contributed by atoms with Crippen LogP contribution in [0.2, 0.25) is 0 Å². The minimum absolute atomic E-state index is 0.100. The smallest absolute Gasteiger partial charge is 0.0474 e. The van der Waals surface area contributed by atoms with Crippen molar-refractivity contribution in [2.24, 2.45) is 0 Å². The van der Waals surface area contributed by atoms with Gasteiger partial charge in [-0.05, 0) is 136 Å². The summed E-state index contributed by atoms with van der Waals surface area (Å²) in [6.07, 6.45) is 0. The summed E-state index contributed by atoms with van der Waals surface area (Å²) >= 11 is 0. The van der Waals surface area contributed by atoms with Crippen molar-refractivity contribution in [2.75, 3.05) is 4.90 Å². The molecule has 0 saturated heterocycles. The molecule has 9 aromatic rings. The Hall–Kier alpha value is -5.92. The molecular formula is C51H39N. The maximum Gasteiger partial charge on any atom is 0.0474 e. The van der Waals surface area contributed by atoms with Crippen LogP contribution in [0, 0.1) is 6.92 Å². The van der Waals surface area contributed by atoms with E-state index in [1.165, 1.54) is 110 Å². The first-order valence-electron chi connectivity index (χ1n) is 18.6. The molecule has 0 aliphatic heterocycles. The second kappa shape index (κ2) is 10.1. The highest BCUT2D eigenvalue weighted by Gasteiger charge is 2.37. The lowest BCUT2D eigenvalue weighted by molar-refractivity contribution is 0.660. The third-order valence-electron chi connectivity index (χ3n) is 12.6.